The van der Waals surface area contributed by atoms with E-state index in [0.29, 0.717) is 42.0 Å². The summed E-state index contributed by atoms with van der Waals surface area (Å²) in [6.07, 6.45) is -2.13. The van der Waals surface area contributed by atoms with Gasteiger partial charge in [-0.3, -0.25) is 19.6 Å². The molecule has 2 heterocycles. The zero-order chi connectivity index (χ0) is 30.6. The Kier molecular flexibility index (Phi) is 12.6. The van der Waals surface area contributed by atoms with Gasteiger partial charge in [0.15, 0.2) is 0 Å². The van der Waals surface area contributed by atoms with Crippen LogP contribution in [0.15, 0.2) is 54.7 Å². The molecule has 0 fully saturated rings. The molecule has 7 nitrogen and oxygen atoms in total. The quantitative estimate of drug-likeness (QED) is 0.203. The summed E-state index contributed by atoms with van der Waals surface area (Å²) in [5, 5.41) is 0.639. The molecule has 41 heavy (non-hydrogen) atoms. The van der Waals surface area contributed by atoms with Crippen LogP contribution in [0.3, 0.4) is 0 Å². The second-order valence-electron chi connectivity index (χ2n) is 8.54. The van der Waals surface area contributed by atoms with Gasteiger partial charge in [0, 0.05) is 35.0 Å². The van der Waals surface area contributed by atoms with Gasteiger partial charge in [0.25, 0.3) is 0 Å². The minimum atomic E-state index is -4.48. The van der Waals surface area contributed by atoms with E-state index in [4.69, 9.17) is 30.9 Å². The molecule has 0 bridgehead atoms. The van der Waals surface area contributed by atoms with E-state index >= 15 is 0 Å². The number of primary amides is 2. The lowest BCUT2D eigenvalue weighted by molar-refractivity contribution is -0.137. The summed E-state index contributed by atoms with van der Waals surface area (Å²) in [7, 11) is 0. The number of halogens is 5. The van der Waals surface area contributed by atoms with Crippen LogP contribution in [0.5, 0.6) is 0 Å². The smallest absolute Gasteiger partial charge is 0.377 e. The average molecular weight is 593 g/mol. The summed E-state index contributed by atoms with van der Waals surface area (Å²) in [5.74, 6) is -0.329. The number of fused-ring (bicyclic) bond motifs is 1. The lowest BCUT2D eigenvalue weighted by Crippen LogP contribution is -2.06. The van der Waals surface area contributed by atoms with E-state index in [-0.39, 0.29) is 18.6 Å². The number of hydrogen-bond donors (Lipinski definition) is 2. The lowest BCUT2D eigenvalue weighted by Gasteiger charge is -2.15. The van der Waals surface area contributed by atoms with Crippen molar-refractivity contribution in [2.45, 2.75) is 39.5 Å². The third-order valence-corrected chi connectivity index (χ3v) is 6.05. The first-order valence-corrected chi connectivity index (χ1v) is 12.7. The molecule has 0 aliphatic carbocycles. The van der Waals surface area contributed by atoms with Gasteiger partial charge >= 0.3 is 6.18 Å². The molecule has 0 aliphatic heterocycles. The molecule has 2 aromatic carbocycles. The van der Waals surface area contributed by atoms with E-state index in [9.17, 15) is 17.6 Å². The summed E-state index contributed by atoms with van der Waals surface area (Å²) < 4.78 is 58.5. The number of amides is 2. The van der Waals surface area contributed by atoms with Crippen LogP contribution in [0, 0.1) is 12.7 Å². The molecule has 0 saturated carbocycles. The molecule has 218 valence electrons. The maximum absolute atomic E-state index is 13.5. The van der Waals surface area contributed by atoms with Crippen molar-refractivity contribution in [2.75, 3.05) is 6.61 Å². The van der Waals surface area contributed by atoms with Gasteiger partial charge < -0.3 is 16.2 Å². The zero-order valence-corrected chi connectivity index (χ0v) is 23.1. The molecular weight excluding hydrogens is 564 g/mol. The van der Waals surface area contributed by atoms with Gasteiger partial charge in [0.05, 0.1) is 28.4 Å². The molecule has 0 atom stereocenters. The van der Waals surface area contributed by atoms with Crippen molar-refractivity contribution in [1.82, 2.24) is 9.97 Å². The van der Waals surface area contributed by atoms with Gasteiger partial charge in [-0.1, -0.05) is 11.6 Å². The predicted molar refractivity (Wildman–Crippen MR) is 149 cm³/mol. The molecule has 0 unspecified atom stereocenters. The fraction of sp³-hybridized carbons (Fsp3) is 0.241. The molecule has 0 saturated heterocycles. The molecule has 0 radical (unpaired) electrons. The number of nitrogens with two attached hydrogens (primary N) is 2. The molecule has 2 amide bonds. The van der Waals surface area contributed by atoms with Crippen LogP contribution in [0.2, 0.25) is 5.02 Å². The fourth-order valence-electron chi connectivity index (χ4n) is 3.96. The summed E-state index contributed by atoms with van der Waals surface area (Å²) in [6.45, 7) is 4.83. The number of hydrogen-bond acceptors (Lipinski definition) is 5. The molecule has 0 aliphatic rings. The summed E-state index contributed by atoms with van der Waals surface area (Å²) in [4.78, 5) is 25.9. The van der Waals surface area contributed by atoms with E-state index in [1.54, 1.807) is 24.3 Å². The monoisotopic (exact) mass is 592 g/mol. The standard InChI is InChI=1S/C27H23ClF4N2O.2CH3NO/c1-3-35-15-23-16(2)10-22(34-25(23)18-5-7-21(29)8-6-18)9-4-17-11-19-13-20(27(30,31)32)14-33-26(19)24(28)12-17;2*2-1-3/h5-8,10-14H,3-4,9,15H2,1-2H3;2*1H,(H2,2,3). The molecule has 0 spiro atoms. The highest BCUT2D eigenvalue weighted by atomic mass is 35.5. The Morgan fingerprint density at radius 1 is 1.00 bits per heavy atom. The topological polar surface area (TPSA) is 121 Å². The Hall–Kier alpha value is -4.09. The number of alkyl halides is 3. The van der Waals surface area contributed by atoms with Crippen LogP contribution in [0.4, 0.5) is 17.6 Å². The summed E-state index contributed by atoms with van der Waals surface area (Å²) in [5.41, 5.74) is 12.9. The maximum atomic E-state index is 13.5. The minimum absolute atomic E-state index is 0.250. The van der Waals surface area contributed by atoms with Crippen molar-refractivity contribution in [3.05, 3.63) is 93.5 Å². The van der Waals surface area contributed by atoms with Crippen LogP contribution < -0.4 is 11.5 Å². The van der Waals surface area contributed by atoms with E-state index in [2.05, 4.69) is 16.5 Å². The van der Waals surface area contributed by atoms with Crippen molar-refractivity contribution in [3.8, 4) is 11.3 Å². The van der Waals surface area contributed by atoms with E-state index in [1.165, 1.54) is 12.1 Å². The van der Waals surface area contributed by atoms with Gasteiger partial charge in [0.1, 0.15) is 5.82 Å². The Balaban J connectivity index is 0.000000901. The molecule has 4 N–H and O–H groups in total. The van der Waals surface area contributed by atoms with Crippen LogP contribution in [0.1, 0.15) is 34.9 Å². The van der Waals surface area contributed by atoms with Crippen molar-refractivity contribution < 1.29 is 31.9 Å². The Bertz CT molecular complexity index is 1460. The highest BCUT2D eigenvalue weighted by molar-refractivity contribution is 6.35. The van der Waals surface area contributed by atoms with Crippen LogP contribution >= 0.6 is 11.6 Å². The third kappa shape index (κ3) is 9.51. The molecule has 12 heteroatoms. The summed E-state index contributed by atoms with van der Waals surface area (Å²) >= 11 is 6.32. The van der Waals surface area contributed by atoms with Crippen molar-refractivity contribution in [1.29, 1.82) is 0 Å². The zero-order valence-electron chi connectivity index (χ0n) is 22.3. The van der Waals surface area contributed by atoms with Crippen molar-refractivity contribution in [2.24, 2.45) is 11.5 Å². The number of carbonyl (C=O) groups is 2. The highest BCUT2D eigenvalue weighted by Crippen LogP contribution is 2.33. The van der Waals surface area contributed by atoms with E-state index in [0.717, 1.165) is 45.9 Å². The van der Waals surface area contributed by atoms with Crippen LogP contribution in [-0.4, -0.2) is 29.4 Å². The Morgan fingerprint density at radius 3 is 2.22 bits per heavy atom. The number of rotatable bonds is 7. The Labute approximate surface area is 239 Å². The van der Waals surface area contributed by atoms with E-state index in [1.807, 2.05) is 19.9 Å². The number of carbonyl (C=O) groups excluding carboxylic acids is 2. The predicted octanol–water partition coefficient (Wildman–Crippen LogP) is 5.94. The number of pyridine rings is 2. The van der Waals surface area contributed by atoms with Crippen molar-refractivity contribution in [3.63, 3.8) is 0 Å². The first-order chi connectivity index (χ1) is 19.5. The minimum Gasteiger partial charge on any atom is -0.377 e. The number of aryl methyl sites for hydroxylation is 3. The number of ether oxygens (including phenoxy) is 1. The average Bonchev–Trinajstić information content (AvgIpc) is 2.91. The van der Waals surface area contributed by atoms with Gasteiger partial charge in [-0.05, 0) is 86.3 Å². The Morgan fingerprint density at radius 2 is 1.63 bits per heavy atom. The number of nitrogens with zero attached hydrogens (tertiary/aromatic N) is 2. The van der Waals surface area contributed by atoms with E-state index < -0.39 is 11.7 Å². The maximum Gasteiger partial charge on any atom is 0.417 e. The fourth-order valence-corrected chi connectivity index (χ4v) is 4.26. The number of aromatic nitrogens is 2. The molecule has 2 aromatic heterocycles. The third-order valence-electron chi connectivity index (χ3n) is 5.76. The van der Waals surface area contributed by atoms with Crippen molar-refractivity contribution >= 4 is 35.3 Å². The first-order valence-electron chi connectivity index (χ1n) is 12.3. The van der Waals surface area contributed by atoms with Crippen LogP contribution in [0.25, 0.3) is 22.2 Å². The van der Waals surface area contributed by atoms with Gasteiger partial charge in [-0.2, -0.15) is 13.2 Å². The lowest BCUT2D eigenvalue weighted by atomic mass is 9.99. The molecular formula is C29H29ClF4N4O3. The summed E-state index contributed by atoms with van der Waals surface area (Å²) in [6, 6.07) is 12.6. The van der Waals surface area contributed by atoms with Gasteiger partial charge in [0.2, 0.25) is 12.8 Å². The highest BCUT2D eigenvalue weighted by Gasteiger charge is 2.31. The normalized spacial score (nSPS) is 10.7. The van der Waals surface area contributed by atoms with Gasteiger partial charge in [-0.25, -0.2) is 4.39 Å². The first kappa shape index (κ1) is 33.1. The second-order valence-corrected chi connectivity index (χ2v) is 8.95. The number of benzene rings is 2. The van der Waals surface area contributed by atoms with Crippen LogP contribution in [-0.2, 0) is 40.0 Å². The second kappa shape index (κ2) is 15.6. The molecule has 4 aromatic rings. The molecule has 4 rings (SSSR count). The SMILES string of the molecule is CCOCc1c(C)cc(CCc2cc(Cl)c3ncc(C(F)(F)F)cc3c2)nc1-c1ccc(F)cc1.NC=O.NC=O. The van der Waals surface area contributed by atoms with Gasteiger partial charge in [-0.15, -0.1) is 0 Å². The largest absolute Gasteiger partial charge is 0.417 e.